The molecule has 6 nitrogen and oxygen atoms in total. The van der Waals surface area contributed by atoms with Crippen molar-refractivity contribution in [2.24, 2.45) is 0 Å². The summed E-state index contributed by atoms with van der Waals surface area (Å²) < 4.78 is 0.697. The molecule has 1 aromatic heterocycles. The zero-order valence-electron chi connectivity index (χ0n) is 14.6. The molecule has 0 bridgehead atoms. The molecule has 3 rings (SSSR count). The lowest BCUT2D eigenvalue weighted by Gasteiger charge is -2.17. The largest absolute Gasteiger partial charge is 0.324 e. The average molecular weight is 409 g/mol. The van der Waals surface area contributed by atoms with Gasteiger partial charge in [0.2, 0.25) is 16.9 Å². The summed E-state index contributed by atoms with van der Waals surface area (Å²) >= 11 is 4.30. The predicted molar refractivity (Wildman–Crippen MR) is 108 cm³/mol. The van der Waals surface area contributed by atoms with E-state index in [4.69, 9.17) is 0 Å². The maximum absolute atomic E-state index is 12.2. The molecule has 0 saturated heterocycles. The Labute approximate surface area is 165 Å². The third-order valence-electron chi connectivity index (χ3n) is 3.79. The van der Waals surface area contributed by atoms with E-state index in [1.807, 2.05) is 37.4 Å². The van der Waals surface area contributed by atoms with E-state index < -0.39 is 0 Å². The summed E-state index contributed by atoms with van der Waals surface area (Å²) in [6.45, 7) is 1.85. The van der Waals surface area contributed by atoms with E-state index in [0.717, 1.165) is 23.4 Å². The number of thioether (sulfide) groups is 2. The third kappa shape index (κ3) is 4.77. The van der Waals surface area contributed by atoms with Crippen molar-refractivity contribution in [3.05, 3.63) is 24.3 Å². The van der Waals surface area contributed by atoms with Gasteiger partial charge < -0.3 is 5.32 Å². The molecule has 1 aliphatic carbocycles. The monoisotopic (exact) mass is 408 g/mol. The van der Waals surface area contributed by atoms with E-state index in [9.17, 15) is 9.59 Å². The van der Waals surface area contributed by atoms with Crippen LogP contribution in [0.1, 0.15) is 26.2 Å². The van der Waals surface area contributed by atoms with Crippen molar-refractivity contribution in [3.63, 3.8) is 0 Å². The number of carbonyl (C=O) groups is 2. The Morgan fingerprint density at radius 3 is 2.77 bits per heavy atom. The Balaban J connectivity index is 1.57. The molecule has 138 valence electrons. The number of para-hydroxylation sites is 1. The van der Waals surface area contributed by atoms with Crippen molar-refractivity contribution in [1.29, 1.82) is 0 Å². The molecule has 1 saturated carbocycles. The second-order valence-electron chi connectivity index (χ2n) is 5.74. The normalized spacial score (nSPS) is 13.5. The highest BCUT2D eigenvalue weighted by atomic mass is 32.2. The molecule has 9 heteroatoms. The average Bonchev–Trinajstić information content (AvgIpc) is 3.38. The van der Waals surface area contributed by atoms with Crippen molar-refractivity contribution in [3.8, 4) is 0 Å². The number of hydrogen-bond donors (Lipinski definition) is 1. The molecular formula is C17H20N4O2S3. The molecule has 26 heavy (non-hydrogen) atoms. The highest BCUT2D eigenvalue weighted by molar-refractivity contribution is 8.01. The molecule has 0 radical (unpaired) electrons. The number of nitrogens with one attached hydrogen (secondary N) is 1. The zero-order chi connectivity index (χ0) is 18.5. The van der Waals surface area contributed by atoms with Crippen LogP contribution in [0.25, 0.3) is 0 Å². The Morgan fingerprint density at radius 2 is 2.08 bits per heavy atom. The lowest BCUT2D eigenvalue weighted by molar-refractivity contribution is -0.118. The van der Waals surface area contributed by atoms with E-state index in [2.05, 4.69) is 15.5 Å². The van der Waals surface area contributed by atoms with Gasteiger partial charge in [0.1, 0.15) is 0 Å². The van der Waals surface area contributed by atoms with Gasteiger partial charge in [-0.25, -0.2) is 0 Å². The maximum atomic E-state index is 12.2. The van der Waals surface area contributed by atoms with Gasteiger partial charge in [-0.15, -0.1) is 22.0 Å². The van der Waals surface area contributed by atoms with Crippen LogP contribution in [0.15, 0.2) is 33.5 Å². The summed E-state index contributed by atoms with van der Waals surface area (Å²) in [6.07, 6.45) is 4.47. The van der Waals surface area contributed by atoms with Crippen LogP contribution in [0.5, 0.6) is 0 Å². The number of anilines is 2. The van der Waals surface area contributed by atoms with Crippen LogP contribution in [-0.2, 0) is 9.59 Å². The van der Waals surface area contributed by atoms with Gasteiger partial charge >= 0.3 is 0 Å². The standard InChI is InChI=1S/C17H20N4O2S3/c1-3-15(23)21(11-8-9-11)16-19-20-17(26-16)25-10-14(22)18-12-6-4-5-7-13(12)24-2/h4-7,11H,3,8-10H2,1-2H3,(H,18,22). The number of carbonyl (C=O) groups excluding carboxylic acids is 2. The SMILES string of the molecule is CCC(=O)N(c1nnc(SCC(=O)Nc2ccccc2SC)s1)C1CC1. The Bertz CT molecular complexity index is 792. The van der Waals surface area contributed by atoms with E-state index in [-0.39, 0.29) is 23.6 Å². The number of nitrogens with zero attached hydrogens (tertiary/aromatic N) is 3. The van der Waals surface area contributed by atoms with Crippen LogP contribution in [0.2, 0.25) is 0 Å². The van der Waals surface area contributed by atoms with E-state index in [1.54, 1.807) is 16.7 Å². The molecule has 1 fully saturated rings. The minimum Gasteiger partial charge on any atom is -0.324 e. The van der Waals surface area contributed by atoms with Gasteiger partial charge in [0, 0.05) is 17.4 Å². The summed E-state index contributed by atoms with van der Waals surface area (Å²) in [4.78, 5) is 27.1. The second kappa shape index (κ2) is 8.88. The molecule has 1 aromatic carbocycles. The second-order valence-corrected chi connectivity index (χ2v) is 8.76. The number of rotatable bonds is 8. The van der Waals surface area contributed by atoms with E-state index >= 15 is 0 Å². The highest BCUT2D eigenvalue weighted by Gasteiger charge is 2.35. The first kappa shape index (κ1) is 19.2. The predicted octanol–water partition coefficient (Wildman–Crippen LogP) is 3.90. The molecular weight excluding hydrogens is 388 g/mol. The van der Waals surface area contributed by atoms with Crippen LogP contribution in [0.3, 0.4) is 0 Å². The zero-order valence-corrected chi connectivity index (χ0v) is 17.0. The number of benzene rings is 1. The molecule has 1 aliphatic rings. The summed E-state index contributed by atoms with van der Waals surface area (Å²) in [5, 5.41) is 11.8. The van der Waals surface area contributed by atoms with Gasteiger partial charge in [-0.05, 0) is 31.2 Å². The molecule has 0 unspecified atom stereocenters. The topological polar surface area (TPSA) is 75.2 Å². The smallest absolute Gasteiger partial charge is 0.234 e. The highest BCUT2D eigenvalue weighted by Crippen LogP contribution is 2.36. The van der Waals surface area contributed by atoms with Gasteiger partial charge in [0.25, 0.3) is 0 Å². The van der Waals surface area contributed by atoms with E-state index in [0.29, 0.717) is 15.9 Å². The molecule has 2 aromatic rings. The van der Waals surface area contributed by atoms with E-state index in [1.165, 1.54) is 23.1 Å². The summed E-state index contributed by atoms with van der Waals surface area (Å²) in [7, 11) is 0. The fourth-order valence-corrected chi connectivity index (χ4v) is 4.67. The molecule has 2 amide bonds. The van der Waals surface area contributed by atoms with Gasteiger partial charge in [-0.1, -0.05) is 42.2 Å². The van der Waals surface area contributed by atoms with Crippen molar-refractivity contribution in [2.45, 2.75) is 41.5 Å². The quantitative estimate of drug-likeness (QED) is 0.527. The Kier molecular flexibility index (Phi) is 6.55. The molecule has 1 N–H and O–H groups in total. The van der Waals surface area contributed by atoms with Crippen molar-refractivity contribution in [1.82, 2.24) is 10.2 Å². The van der Waals surface area contributed by atoms with Gasteiger partial charge in [0.15, 0.2) is 4.34 Å². The summed E-state index contributed by atoms with van der Waals surface area (Å²) in [6, 6.07) is 7.97. The van der Waals surface area contributed by atoms with Gasteiger partial charge in [-0.3, -0.25) is 14.5 Å². The first-order chi connectivity index (χ1) is 12.6. The summed E-state index contributed by atoms with van der Waals surface area (Å²) in [5.74, 6) is 0.242. The Morgan fingerprint density at radius 1 is 1.31 bits per heavy atom. The number of hydrogen-bond acceptors (Lipinski definition) is 7. The van der Waals surface area contributed by atoms with Crippen LogP contribution < -0.4 is 10.2 Å². The van der Waals surface area contributed by atoms with Crippen molar-refractivity contribution in [2.75, 3.05) is 22.2 Å². The molecule has 0 spiro atoms. The van der Waals surface area contributed by atoms with Crippen LogP contribution >= 0.6 is 34.9 Å². The third-order valence-corrected chi connectivity index (χ3v) is 6.64. The number of amides is 2. The molecule has 0 aliphatic heterocycles. The van der Waals surface area contributed by atoms with Gasteiger partial charge in [-0.2, -0.15) is 0 Å². The lowest BCUT2D eigenvalue weighted by Crippen LogP contribution is -2.32. The van der Waals surface area contributed by atoms with Crippen molar-refractivity contribution < 1.29 is 9.59 Å². The van der Waals surface area contributed by atoms with Crippen molar-refractivity contribution >= 4 is 57.5 Å². The van der Waals surface area contributed by atoms with Crippen LogP contribution in [0.4, 0.5) is 10.8 Å². The van der Waals surface area contributed by atoms with Crippen LogP contribution in [0, 0.1) is 0 Å². The maximum Gasteiger partial charge on any atom is 0.234 e. The first-order valence-corrected chi connectivity index (χ1v) is 11.4. The summed E-state index contributed by atoms with van der Waals surface area (Å²) in [5.41, 5.74) is 0.817. The fourth-order valence-electron chi connectivity index (χ4n) is 2.39. The van der Waals surface area contributed by atoms with Crippen LogP contribution in [-0.4, -0.2) is 40.1 Å². The fraction of sp³-hybridized carbons (Fsp3) is 0.412. The lowest BCUT2D eigenvalue weighted by atomic mass is 10.3. The minimum atomic E-state index is -0.0862. The molecule has 0 atom stereocenters. The molecule has 1 heterocycles. The Hall–Kier alpha value is -1.58. The number of aromatic nitrogens is 2. The first-order valence-electron chi connectivity index (χ1n) is 8.33. The minimum absolute atomic E-state index is 0.0756. The van der Waals surface area contributed by atoms with Gasteiger partial charge in [0.05, 0.1) is 11.4 Å².